The number of nitrogens with one attached hydrogen (secondary N) is 1. The highest BCUT2D eigenvalue weighted by atomic mass is 35.5. The summed E-state index contributed by atoms with van der Waals surface area (Å²) in [5.41, 5.74) is 7.06. The monoisotopic (exact) mass is 272 g/mol. The van der Waals surface area contributed by atoms with E-state index in [1.54, 1.807) is 18.3 Å². The Morgan fingerprint density at radius 3 is 2.82 bits per heavy atom. The van der Waals surface area contributed by atoms with Gasteiger partial charge in [-0.1, -0.05) is 23.2 Å². The summed E-state index contributed by atoms with van der Waals surface area (Å²) in [5.74, 6) is -1.04. The average molecular weight is 273 g/mol. The van der Waals surface area contributed by atoms with Crippen molar-refractivity contribution in [3.63, 3.8) is 0 Å². The molecule has 1 aromatic carbocycles. The molecule has 0 aliphatic carbocycles. The Morgan fingerprint density at radius 1 is 1.47 bits per heavy atom. The normalized spacial score (nSPS) is 12.9. The second kappa shape index (κ2) is 4.56. The lowest BCUT2D eigenvalue weighted by Crippen LogP contribution is -2.32. The third kappa shape index (κ3) is 2.24. The van der Waals surface area contributed by atoms with Gasteiger partial charge in [0, 0.05) is 23.5 Å². The zero-order valence-electron chi connectivity index (χ0n) is 8.71. The van der Waals surface area contributed by atoms with E-state index < -0.39 is 12.0 Å². The number of halogens is 2. The van der Waals surface area contributed by atoms with Gasteiger partial charge in [-0.25, -0.2) is 0 Å². The standard InChI is InChI=1S/C11H10Cl2N2O2/c12-6-1-2-8-9(10(6)13)5(4-15-8)3-7(14)11(16)17/h1-2,4,7,15H,3,14H2,(H,16,17)/t7-/m0/s1. The predicted octanol–water partition coefficient (Wildman–Crippen LogP) is 2.43. The maximum atomic E-state index is 10.7. The maximum Gasteiger partial charge on any atom is 0.320 e. The van der Waals surface area contributed by atoms with E-state index >= 15 is 0 Å². The van der Waals surface area contributed by atoms with Crippen molar-refractivity contribution in [1.29, 1.82) is 0 Å². The lowest BCUT2D eigenvalue weighted by Gasteiger charge is -2.06. The summed E-state index contributed by atoms with van der Waals surface area (Å²) in [5, 5.41) is 10.4. The van der Waals surface area contributed by atoms with Crippen LogP contribution in [0.3, 0.4) is 0 Å². The van der Waals surface area contributed by atoms with Crippen molar-refractivity contribution >= 4 is 40.1 Å². The van der Waals surface area contributed by atoms with Crippen LogP contribution in [0.1, 0.15) is 5.56 Å². The zero-order chi connectivity index (χ0) is 12.6. The Labute approximate surface area is 107 Å². The van der Waals surface area contributed by atoms with E-state index in [2.05, 4.69) is 4.98 Å². The second-order valence-electron chi connectivity index (χ2n) is 3.75. The third-order valence-corrected chi connectivity index (χ3v) is 3.38. The van der Waals surface area contributed by atoms with E-state index in [1.807, 2.05) is 0 Å². The van der Waals surface area contributed by atoms with Crippen LogP contribution >= 0.6 is 23.2 Å². The molecule has 90 valence electrons. The highest BCUT2D eigenvalue weighted by molar-refractivity contribution is 6.45. The van der Waals surface area contributed by atoms with Crippen LogP contribution in [0, 0.1) is 0 Å². The van der Waals surface area contributed by atoms with Crippen molar-refractivity contribution < 1.29 is 9.90 Å². The molecule has 0 unspecified atom stereocenters. The Kier molecular flexibility index (Phi) is 3.28. The van der Waals surface area contributed by atoms with Gasteiger partial charge in [0.15, 0.2) is 0 Å². The van der Waals surface area contributed by atoms with Crippen molar-refractivity contribution in [3.05, 3.63) is 33.9 Å². The fourth-order valence-electron chi connectivity index (χ4n) is 1.71. The van der Waals surface area contributed by atoms with Crippen molar-refractivity contribution in [3.8, 4) is 0 Å². The molecule has 0 spiro atoms. The first-order valence-corrected chi connectivity index (χ1v) is 5.68. The van der Waals surface area contributed by atoms with Crippen LogP contribution < -0.4 is 5.73 Å². The number of fused-ring (bicyclic) bond motifs is 1. The highest BCUT2D eigenvalue weighted by Gasteiger charge is 2.17. The summed E-state index contributed by atoms with van der Waals surface area (Å²) in [7, 11) is 0. The van der Waals surface area contributed by atoms with Crippen LogP contribution in [0.15, 0.2) is 18.3 Å². The van der Waals surface area contributed by atoms with Gasteiger partial charge in [0.25, 0.3) is 0 Å². The van der Waals surface area contributed by atoms with E-state index in [9.17, 15) is 4.79 Å². The van der Waals surface area contributed by atoms with E-state index in [4.69, 9.17) is 34.0 Å². The topological polar surface area (TPSA) is 79.1 Å². The van der Waals surface area contributed by atoms with Gasteiger partial charge in [-0.2, -0.15) is 0 Å². The number of hydrogen-bond acceptors (Lipinski definition) is 2. The number of aliphatic carboxylic acids is 1. The van der Waals surface area contributed by atoms with Gasteiger partial charge < -0.3 is 15.8 Å². The minimum Gasteiger partial charge on any atom is -0.480 e. The first-order chi connectivity index (χ1) is 8.00. The first-order valence-electron chi connectivity index (χ1n) is 4.93. The fraction of sp³-hybridized carbons (Fsp3) is 0.182. The Hall–Kier alpha value is -1.23. The largest absolute Gasteiger partial charge is 0.480 e. The lowest BCUT2D eigenvalue weighted by atomic mass is 10.1. The number of aromatic nitrogens is 1. The second-order valence-corrected chi connectivity index (χ2v) is 4.53. The van der Waals surface area contributed by atoms with Crippen molar-refractivity contribution in [1.82, 2.24) is 4.98 Å². The molecule has 0 fully saturated rings. The number of carboxylic acids is 1. The molecule has 2 aromatic rings. The number of carbonyl (C=O) groups is 1. The molecular weight excluding hydrogens is 263 g/mol. The van der Waals surface area contributed by atoms with Crippen molar-refractivity contribution in [2.75, 3.05) is 0 Å². The SMILES string of the molecule is N[C@@H](Cc1c[nH]c2ccc(Cl)c(Cl)c12)C(=O)O. The summed E-state index contributed by atoms with van der Waals surface area (Å²) in [6.45, 7) is 0. The van der Waals surface area contributed by atoms with Gasteiger partial charge in [-0.15, -0.1) is 0 Å². The molecule has 0 aliphatic rings. The van der Waals surface area contributed by atoms with Crippen LogP contribution in [-0.4, -0.2) is 22.1 Å². The number of aromatic amines is 1. The number of benzene rings is 1. The van der Waals surface area contributed by atoms with Gasteiger partial charge >= 0.3 is 5.97 Å². The van der Waals surface area contributed by atoms with Gasteiger partial charge in [-0.05, 0) is 17.7 Å². The summed E-state index contributed by atoms with van der Waals surface area (Å²) < 4.78 is 0. The fourth-order valence-corrected chi connectivity index (χ4v) is 2.15. The molecular formula is C11H10Cl2N2O2. The molecule has 0 radical (unpaired) electrons. The van der Waals surface area contributed by atoms with E-state index in [0.29, 0.717) is 10.0 Å². The number of hydrogen-bond donors (Lipinski definition) is 3. The Morgan fingerprint density at radius 2 is 2.18 bits per heavy atom. The summed E-state index contributed by atoms with van der Waals surface area (Å²) in [4.78, 5) is 13.7. The van der Waals surface area contributed by atoms with Crippen molar-refractivity contribution in [2.45, 2.75) is 12.5 Å². The van der Waals surface area contributed by atoms with Crippen LogP contribution in [0.4, 0.5) is 0 Å². The number of carboxylic acid groups (broad SMARTS) is 1. The molecule has 1 heterocycles. The van der Waals surface area contributed by atoms with E-state index in [-0.39, 0.29) is 6.42 Å². The number of nitrogens with two attached hydrogens (primary N) is 1. The molecule has 0 aliphatic heterocycles. The molecule has 1 aromatic heterocycles. The molecule has 0 saturated carbocycles. The molecule has 17 heavy (non-hydrogen) atoms. The zero-order valence-corrected chi connectivity index (χ0v) is 10.2. The summed E-state index contributed by atoms with van der Waals surface area (Å²) >= 11 is 12.0. The molecule has 1 atom stereocenters. The van der Waals surface area contributed by atoms with Crippen LogP contribution in [0.2, 0.25) is 10.0 Å². The third-order valence-electron chi connectivity index (χ3n) is 2.57. The Bertz CT molecular complexity index is 580. The molecule has 4 nitrogen and oxygen atoms in total. The minimum atomic E-state index is -1.04. The summed E-state index contributed by atoms with van der Waals surface area (Å²) in [6.07, 6.45) is 1.91. The van der Waals surface area contributed by atoms with Crippen molar-refractivity contribution in [2.24, 2.45) is 5.73 Å². The molecule has 0 bridgehead atoms. The molecule has 2 rings (SSSR count). The highest BCUT2D eigenvalue weighted by Crippen LogP contribution is 2.33. The van der Waals surface area contributed by atoms with Gasteiger partial charge in [0.05, 0.1) is 10.0 Å². The molecule has 0 amide bonds. The van der Waals surface area contributed by atoms with Gasteiger partial charge in [0.1, 0.15) is 6.04 Å². The predicted molar refractivity (Wildman–Crippen MR) is 67.6 cm³/mol. The summed E-state index contributed by atoms with van der Waals surface area (Å²) in [6, 6.07) is 2.52. The van der Waals surface area contributed by atoms with E-state index in [1.165, 1.54) is 0 Å². The quantitative estimate of drug-likeness (QED) is 0.803. The van der Waals surface area contributed by atoms with Crippen LogP contribution in [-0.2, 0) is 11.2 Å². The van der Waals surface area contributed by atoms with Gasteiger partial charge in [-0.3, -0.25) is 4.79 Å². The average Bonchev–Trinajstić information content (AvgIpc) is 2.67. The number of rotatable bonds is 3. The maximum absolute atomic E-state index is 10.7. The first kappa shape index (κ1) is 12.2. The Balaban J connectivity index is 2.48. The van der Waals surface area contributed by atoms with Gasteiger partial charge in [0.2, 0.25) is 0 Å². The number of H-pyrrole nitrogens is 1. The van der Waals surface area contributed by atoms with Crippen LogP contribution in [0.5, 0.6) is 0 Å². The molecule has 4 N–H and O–H groups in total. The smallest absolute Gasteiger partial charge is 0.320 e. The minimum absolute atomic E-state index is 0.204. The molecule has 6 heteroatoms. The molecule has 0 saturated heterocycles. The van der Waals surface area contributed by atoms with Crippen LogP contribution in [0.25, 0.3) is 10.9 Å². The lowest BCUT2D eigenvalue weighted by molar-refractivity contribution is -0.138. The van der Waals surface area contributed by atoms with E-state index in [0.717, 1.165) is 16.5 Å².